The van der Waals surface area contributed by atoms with E-state index < -0.39 is 37.3 Å². The Balaban J connectivity index is 1.79. The Kier molecular flexibility index (Phi) is 5.99. The van der Waals surface area contributed by atoms with Gasteiger partial charge in [-0.1, -0.05) is 45.7 Å². The first-order chi connectivity index (χ1) is 13.9. The molecule has 0 amide bonds. The molecule has 0 bridgehead atoms. The third-order valence-electron chi connectivity index (χ3n) is 5.33. The van der Waals surface area contributed by atoms with Crippen molar-refractivity contribution in [1.29, 1.82) is 0 Å². The lowest BCUT2D eigenvalue weighted by atomic mass is 9.98. The van der Waals surface area contributed by atoms with Crippen molar-refractivity contribution in [2.75, 3.05) is 6.61 Å². The van der Waals surface area contributed by atoms with Gasteiger partial charge in [0.1, 0.15) is 24.4 Å². The minimum Gasteiger partial charge on any atom is -0.394 e. The van der Waals surface area contributed by atoms with Crippen LogP contribution in [0.15, 0.2) is 53.1 Å². The van der Waals surface area contributed by atoms with Gasteiger partial charge in [0.15, 0.2) is 6.23 Å². The maximum atomic E-state index is 10.6. The number of fused-ring (bicyclic) bond motifs is 1. The van der Waals surface area contributed by atoms with E-state index in [1.165, 1.54) is 0 Å². The van der Waals surface area contributed by atoms with Crippen molar-refractivity contribution in [3.8, 4) is 0 Å². The molecular weight excluding hydrogens is 462 g/mol. The molecule has 1 aliphatic heterocycles. The van der Waals surface area contributed by atoms with E-state index in [4.69, 9.17) is 16.3 Å². The highest BCUT2D eigenvalue weighted by Crippen LogP contribution is 2.36. The van der Waals surface area contributed by atoms with E-state index in [0.29, 0.717) is 11.4 Å². The molecule has 1 aromatic heterocycles. The molecule has 5 atom stereocenters. The van der Waals surface area contributed by atoms with Crippen LogP contribution >= 0.6 is 27.5 Å². The zero-order valence-electron chi connectivity index (χ0n) is 15.3. The lowest BCUT2D eigenvalue weighted by molar-refractivity contribution is -0.250. The average molecular weight is 483 g/mol. The van der Waals surface area contributed by atoms with E-state index in [1.807, 2.05) is 36.5 Å². The van der Waals surface area contributed by atoms with Crippen LogP contribution in [-0.4, -0.2) is 56.0 Å². The molecule has 3 aromatic rings. The number of nitrogens with zero attached hydrogens (tertiary/aromatic N) is 1. The lowest BCUT2D eigenvalue weighted by Gasteiger charge is -2.40. The Bertz CT molecular complexity index is 1010. The molecule has 29 heavy (non-hydrogen) atoms. The van der Waals surface area contributed by atoms with Crippen LogP contribution in [0, 0.1) is 0 Å². The van der Waals surface area contributed by atoms with Gasteiger partial charge in [0.25, 0.3) is 0 Å². The number of aromatic nitrogens is 1. The van der Waals surface area contributed by atoms with Crippen LogP contribution in [-0.2, 0) is 11.2 Å². The Labute approximate surface area is 181 Å². The van der Waals surface area contributed by atoms with Crippen LogP contribution < -0.4 is 0 Å². The number of hydrogen-bond acceptors (Lipinski definition) is 5. The number of benzene rings is 2. The monoisotopic (exact) mass is 481 g/mol. The van der Waals surface area contributed by atoms with Crippen molar-refractivity contribution < 1.29 is 25.2 Å². The second kappa shape index (κ2) is 8.35. The third kappa shape index (κ3) is 3.84. The van der Waals surface area contributed by atoms with Crippen molar-refractivity contribution in [3.05, 3.63) is 69.3 Å². The molecule has 4 N–H and O–H groups in total. The lowest BCUT2D eigenvalue weighted by Crippen LogP contribution is -2.56. The maximum absolute atomic E-state index is 10.6. The molecule has 154 valence electrons. The van der Waals surface area contributed by atoms with Crippen LogP contribution in [0.3, 0.4) is 0 Å². The fourth-order valence-electron chi connectivity index (χ4n) is 3.83. The summed E-state index contributed by atoms with van der Waals surface area (Å²) in [5.41, 5.74) is 2.75. The first-order valence-electron chi connectivity index (χ1n) is 9.23. The molecule has 0 unspecified atom stereocenters. The van der Waals surface area contributed by atoms with Gasteiger partial charge in [-0.05, 0) is 41.8 Å². The fraction of sp³-hybridized carbons (Fsp3) is 0.333. The van der Waals surface area contributed by atoms with Crippen molar-refractivity contribution in [2.45, 2.75) is 37.1 Å². The minimum atomic E-state index is -1.45. The molecule has 0 radical (unpaired) electrons. The van der Waals surface area contributed by atoms with Gasteiger partial charge in [0.05, 0.1) is 17.1 Å². The van der Waals surface area contributed by atoms with Gasteiger partial charge >= 0.3 is 0 Å². The standard InChI is InChI=1S/C21H21BrClNO5/c22-13-6-4-11(5-7-13)8-12-9-24(15-3-1-2-14(23)17(12)15)21-20(28)19(27)18(26)16(10-25)29-21/h1-7,9,16,18-21,25-28H,8,10H2/t16-,18-,19+,20-,21-/m1/s1. The van der Waals surface area contributed by atoms with Gasteiger partial charge < -0.3 is 29.7 Å². The average Bonchev–Trinajstić information content (AvgIpc) is 3.08. The molecule has 8 heteroatoms. The van der Waals surface area contributed by atoms with Gasteiger partial charge in [0.2, 0.25) is 0 Å². The molecule has 4 rings (SSSR count). The van der Waals surface area contributed by atoms with Crippen LogP contribution in [0.1, 0.15) is 17.4 Å². The van der Waals surface area contributed by atoms with E-state index in [0.717, 1.165) is 26.5 Å². The van der Waals surface area contributed by atoms with Gasteiger partial charge in [-0.3, -0.25) is 0 Å². The highest BCUT2D eigenvalue weighted by Gasteiger charge is 2.44. The summed E-state index contributed by atoms with van der Waals surface area (Å²) >= 11 is 9.93. The number of ether oxygens (including phenoxy) is 1. The molecule has 2 heterocycles. The highest BCUT2D eigenvalue weighted by atomic mass is 79.9. The van der Waals surface area contributed by atoms with E-state index in [2.05, 4.69) is 15.9 Å². The second-order valence-electron chi connectivity index (χ2n) is 7.22. The summed E-state index contributed by atoms with van der Waals surface area (Å²) in [6.07, 6.45) is -3.74. The van der Waals surface area contributed by atoms with Crippen LogP contribution in [0.25, 0.3) is 10.9 Å². The molecular formula is C21H21BrClNO5. The van der Waals surface area contributed by atoms with E-state index in [1.54, 1.807) is 16.7 Å². The summed E-state index contributed by atoms with van der Waals surface area (Å²) in [4.78, 5) is 0. The summed E-state index contributed by atoms with van der Waals surface area (Å²) in [5.74, 6) is 0. The van der Waals surface area contributed by atoms with Crippen molar-refractivity contribution >= 4 is 38.4 Å². The number of halogens is 2. The smallest absolute Gasteiger partial charge is 0.163 e. The highest BCUT2D eigenvalue weighted by molar-refractivity contribution is 9.10. The largest absolute Gasteiger partial charge is 0.394 e. The van der Waals surface area contributed by atoms with Gasteiger partial charge in [-0.25, -0.2) is 0 Å². The Morgan fingerprint density at radius 3 is 2.41 bits per heavy atom. The molecule has 1 aliphatic rings. The zero-order chi connectivity index (χ0) is 20.7. The van der Waals surface area contributed by atoms with Crippen molar-refractivity contribution in [3.63, 3.8) is 0 Å². The quantitative estimate of drug-likeness (QED) is 0.459. The zero-order valence-corrected chi connectivity index (χ0v) is 17.7. The number of hydrogen-bond donors (Lipinski definition) is 4. The van der Waals surface area contributed by atoms with E-state index >= 15 is 0 Å². The Morgan fingerprint density at radius 2 is 1.72 bits per heavy atom. The summed E-state index contributed by atoms with van der Waals surface area (Å²) in [7, 11) is 0. The number of aliphatic hydroxyl groups excluding tert-OH is 4. The second-order valence-corrected chi connectivity index (χ2v) is 8.54. The predicted molar refractivity (Wildman–Crippen MR) is 113 cm³/mol. The summed E-state index contributed by atoms with van der Waals surface area (Å²) < 4.78 is 8.44. The summed E-state index contributed by atoms with van der Waals surface area (Å²) in [6.45, 7) is -0.479. The van der Waals surface area contributed by atoms with Gasteiger partial charge in [-0.2, -0.15) is 0 Å². The molecule has 6 nitrogen and oxygen atoms in total. The van der Waals surface area contributed by atoms with Crippen molar-refractivity contribution in [1.82, 2.24) is 4.57 Å². The summed E-state index contributed by atoms with van der Waals surface area (Å²) in [6, 6.07) is 13.4. The van der Waals surface area contributed by atoms with Gasteiger partial charge in [0, 0.05) is 16.1 Å². The Morgan fingerprint density at radius 1 is 1.00 bits per heavy atom. The predicted octanol–water partition coefficient (Wildman–Crippen LogP) is 2.62. The van der Waals surface area contributed by atoms with E-state index in [9.17, 15) is 20.4 Å². The number of aliphatic hydroxyl groups is 4. The summed E-state index contributed by atoms with van der Waals surface area (Å²) in [5, 5.41) is 41.7. The topological polar surface area (TPSA) is 95.1 Å². The van der Waals surface area contributed by atoms with Crippen LogP contribution in [0.5, 0.6) is 0 Å². The first-order valence-corrected chi connectivity index (χ1v) is 10.4. The maximum Gasteiger partial charge on any atom is 0.163 e. The van der Waals surface area contributed by atoms with Crippen LogP contribution in [0.2, 0.25) is 5.02 Å². The molecule has 0 aliphatic carbocycles. The van der Waals surface area contributed by atoms with Crippen molar-refractivity contribution in [2.24, 2.45) is 0 Å². The molecule has 0 spiro atoms. The molecule has 2 aromatic carbocycles. The fourth-order valence-corrected chi connectivity index (χ4v) is 4.38. The first kappa shape index (κ1) is 20.8. The Hall–Kier alpha value is -1.45. The molecule has 1 saturated heterocycles. The normalized spacial score (nSPS) is 27.4. The van der Waals surface area contributed by atoms with E-state index in [-0.39, 0.29) is 0 Å². The SMILES string of the molecule is OC[C@H]1O[C@@H](n2cc(Cc3ccc(Br)cc3)c3c(Cl)cccc32)[C@H](O)[C@@H](O)[C@@H]1O. The third-order valence-corrected chi connectivity index (χ3v) is 6.18. The molecule has 0 saturated carbocycles. The van der Waals surface area contributed by atoms with Gasteiger partial charge in [-0.15, -0.1) is 0 Å². The minimum absolute atomic E-state index is 0.479. The van der Waals surface area contributed by atoms with Crippen LogP contribution in [0.4, 0.5) is 0 Å². The number of rotatable bonds is 4. The molecule has 1 fully saturated rings.